The van der Waals surface area contributed by atoms with Gasteiger partial charge in [-0.25, -0.2) is 0 Å². The van der Waals surface area contributed by atoms with Crippen LogP contribution in [0, 0.1) is 0 Å². The van der Waals surface area contributed by atoms with Gasteiger partial charge >= 0.3 is 0 Å². The minimum absolute atomic E-state index is 1.17. The molecule has 0 nitrogen and oxygen atoms in total. The van der Waals surface area contributed by atoms with E-state index in [-0.39, 0.29) is 0 Å². The lowest BCUT2D eigenvalue weighted by molar-refractivity contribution is 1.59. The molecule has 0 amide bonds. The standard InChI is InChI=1S/C21H62Si9/c1-22(2,3)21-29(24(7,8)9,25(10,11)12)30(26(13,14)15,27(16,17)18)28(19,20)23(4,5)6/h21H2,1-20H3. The molecular formula is C21H62Si9. The lowest BCUT2D eigenvalue weighted by atomic mass is 11.7. The van der Waals surface area contributed by atoms with Crippen LogP contribution in [0.25, 0.3) is 0 Å². The summed E-state index contributed by atoms with van der Waals surface area (Å²) < 4.78 is 0. The van der Waals surface area contributed by atoms with E-state index in [0.717, 1.165) is 0 Å². The van der Waals surface area contributed by atoms with E-state index in [9.17, 15) is 0 Å². The molecule has 0 aromatic heterocycles. The van der Waals surface area contributed by atoms with Crippen molar-refractivity contribution in [3.05, 3.63) is 0 Å². The van der Waals surface area contributed by atoms with Gasteiger partial charge in [-0.05, 0) is 0 Å². The summed E-state index contributed by atoms with van der Waals surface area (Å²) in [5.41, 5.74) is 1.80. The first-order chi connectivity index (χ1) is 12.5. The van der Waals surface area contributed by atoms with Crippen LogP contribution < -0.4 is 0 Å². The molecule has 9 heteroatoms. The van der Waals surface area contributed by atoms with Crippen LogP contribution in [0.4, 0.5) is 0 Å². The minimum Gasteiger partial charge on any atom is -0.0737 e. The maximum atomic E-state index is 3.02. The summed E-state index contributed by atoms with van der Waals surface area (Å²) in [4.78, 5) is 0. The molecule has 0 atom stereocenters. The van der Waals surface area contributed by atoms with E-state index < -0.39 is 65.9 Å². The Morgan fingerprint density at radius 3 is 0.733 bits per heavy atom. The molecular weight excluding hydrogens is 505 g/mol. The van der Waals surface area contributed by atoms with Gasteiger partial charge in [-0.1, -0.05) is 137 Å². The normalized spacial score (nSPS) is 16.8. The second-order valence-corrected chi connectivity index (χ2v) is 115. The van der Waals surface area contributed by atoms with Crippen molar-refractivity contribution in [2.24, 2.45) is 0 Å². The molecule has 0 saturated heterocycles. The van der Waals surface area contributed by atoms with Crippen LogP contribution in [0.3, 0.4) is 0 Å². The molecule has 0 aliphatic carbocycles. The topological polar surface area (TPSA) is 0 Å². The Morgan fingerprint density at radius 2 is 0.600 bits per heavy atom. The number of hydrogen-bond donors (Lipinski definition) is 0. The van der Waals surface area contributed by atoms with Gasteiger partial charge in [-0.3, -0.25) is 0 Å². The molecule has 30 heavy (non-hydrogen) atoms. The van der Waals surface area contributed by atoms with Gasteiger partial charge in [0.1, 0.15) is 0 Å². The molecule has 0 bridgehead atoms. The Hall–Kier alpha value is 1.95. The molecule has 0 N–H and O–H groups in total. The molecule has 0 saturated carbocycles. The lowest BCUT2D eigenvalue weighted by Gasteiger charge is -2.76. The fourth-order valence-electron chi connectivity index (χ4n) is 9.08. The minimum atomic E-state index is -1.45. The van der Waals surface area contributed by atoms with Crippen molar-refractivity contribution in [1.29, 1.82) is 0 Å². The van der Waals surface area contributed by atoms with E-state index in [0.29, 0.717) is 0 Å². The number of hydrogen-bond acceptors (Lipinski definition) is 0. The summed E-state index contributed by atoms with van der Waals surface area (Å²) in [5.74, 6) is 0. The number of rotatable bonds is 9. The first-order valence-corrected chi connectivity index (χ1v) is 47.9. The zero-order valence-electron chi connectivity index (χ0n) is 25.2. The fourth-order valence-corrected chi connectivity index (χ4v) is 434. The highest BCUT2D eigenvalue weighted by molar-refractivity contribution is 8.24. The Bertz CT molecular complexity index is 569. The zero-order chi connectivity index (χ0) is 25.2. The highest BCUT2D eigenvalue weighted by Gasteiger charge is 2.79. The van der Waals surface area contributed by atoms with Crippen molar-refractivity contribution in [2.75, 3.05) is 0 Å². The van der Waals surface area contributed by atoms with Crippen molar-refractivity contribution >= 4 is 65.9 Å². The van der Waals surface area contributed by atoms with Gasteiger partial charge in [-0.2, -0.15) is 0 Å². The summed E-state index contributed by atoms with van der Waals surface area (Å²) in [5, 5.41) is 0. The van der Waals surface area contributed by atoms with Crippen LogP contribution in [0.5, 0.6) is 0 Å². The van der Waals surface area contributed by atoms with Crippen LogP contribution in [-0.2, 0) is 0 Å². The van der Waals surface area contributed by atoms with Crippen molar-refractivity contribution in [3.63, 3.8) is 0 Å². The first-order valence-electron chi connectivity index (χ1n) is 12.5. The van der Waals surface area contributed by atoms with Crippen molar-refractivity contribution in [1.82, 2.24) is 0 Å². The second-order valence-electron chi connectivity index (χ2n) is 17.3. The van der Waals surface area contributed by atoms with Gasteiger partial charge in [0.05, 0.1) is 0 Å². The van der Waals surface area contributed by atoms with E-state index in [4.69, 9.17) is 0 Å². The van der Waals surface area contributed by atoms with Crippen LogP contribution in [0.1, 0.15) is 0 Å². The largest absolute Gasteiger partial charge is 0.0737 e. The second kappa shape index (κ2) is 8.56. The summed E-state index contributed by atoms with van der Waals surface area (Å²) in [7, 11) is -8.99. The van der Waals surface area contributed by atoms with E-state index in [2.05, 4.69) is 131 Å². The maximum Gasteiger partial charge on any atom is 0.0410 e. The highest BCUT2D eigenvalue weighted by Crippen LogP contribution is 2.54. The predicted octanol–water partition coefficient (Wildman–Crippen LogP) is 8.71. The van der Waals surface area contributed by atoms with Gasteiger partial charge in [0.2, 0.25) is 0 Å². The van der Waals surface area contributed by atoms with Gasteiger partial charge < -0.3 is 0 Å². The average Bonchev–Trinajstić information content (AvgIpc) is 2.27. The van der Waals surface area contributed by atoms with Gasteiger partial charge in [-0.15, -0.1) is 0 Å². The third kappa shape index (κ3) is 4.99. The van der Waals surface area contributed by atoms with E-state index >= 15 is 0 Å². The van der Waals surface area contributed by atoms with E-state index in [1.807, 2.05) is 0 Å². The zero-order valence-corrected chi connectivity index (χ0v) is 34.2. The molecule has 0 unspecified atom stereocenters. The molecule has 0 fully saturated rings. The van der Waals surface area contributed by atoms with Crippen LogP contribution in [0.2, 0.25) is 137 Å². The molecule has 0 heterocycles. The third-order valence-electron chi connectivity index (χ3n) is 9.06. The Labute approximate surface area is 201 Å². The van der Waals surface area contributed by atoms with E-state index in [1.54, 1.807) is 5.67 Å². The van der Waals surface area contributed by atoms with Crippen LogP contribution in [-0.4, -0.2) is 65.9 Å². The summed E-state index contributed by atoms with van der Waals surface area (Å²) in [6.07, 6.45) is -1.45. The molecule has 0 aromatic carbocycles. The van der Waals surface area contributed by atoms with Gasteiger partial charge in [0.25, 0.3) is 0 Å². The smallest absolute Gasteiger partial charge is 0.0410 e. The molecule has 0 aromatic rings. The highest BCUT2D eigenvalue weighted by atomic mass is 30.4. The molecule has 182 valence electrons. The van der Waals surface area contributed by atoms with Crippen LogP contribution in [0.15, 0.2) is 0 Å². The van der Waals surface area contributed by atoms with Crippen LogP contribution >= 0.6 is 0 Å². The van der Waals surface area contributed by atoms with E-state index in [1.165, 1.54) is 0 Å². The lowest BCUT2D eigenvalue weighted by Crippen LogP contribution is -3.05. The summed E-state index contributed by atoms with van der Waals surface area (Å²) in [6, 6.07) is 0. The Kier molecular flexibility index (Phi) is 9.12. The average molecular weight is 568 g/mol. The SMILES string of the molecule is C[Si](C)(C)C[Si]([Si](C)(C)C)([Si](C)(C)C)[Si]([Si](C)(C)C)([Si](C)(C)C)[Si](C)(C)[Si](C)(C)C. The van der Waals surface area contributed by atoms with Gasteiger partial charge in [0.15, 0.2) is 0 Å². The maximum absolute atomic E-state index is 3.02. The molecule has 0 aliphatic rings. The van der Waals surface area contributed by atoms with Gasteiger partial charge in [0, 0.05) is 65.9 Å². The van der Waals surface area contributed by atoms with Crippen molar-refractivity contribution in [3.8, 4) is 0 Å². The monoisotopic (exact) mass is 566 g/mol. The molecule has 0 spiro atoms. The first kappa shape index (κ1) is 32.0. The Morgan fingerprint density at radius 1 is 0.333 bits per heavy atom. The predicted molar refractivity (Wildman–Crippen MR) is 174 cm³/mol. The van der Waals surface area contributed by atoms with Crippen molar-refractivity contribution in [2.45, 2.75) is 137 Å². The molecule has 0 radical (unpaired) electrons. The molecule has 0 aliphatic heterocycles. The third-order valence-corrected chi connectivity index (χ3v) is 219. The summed E-state index contributed by atoms with van der Waals surface area (Å²) >= 11 is 0. The Balaban J connectivity index is 8.42. The van der Waals surface area contributed by atoms with Crippen molar-refractivity contribution < 1.29 is 0 Å². The molecule has 0 rings (SSSR count). The quantitative estimate of drug-likeness (QED) is 0.245. The summed E-state index contributed by atoms with van der Waals surface area (Å²) in [6.45, 7) is 56.4. The fraction of sp³-hybridized carbons (Fsp3) is 1.00.